The summed E-state index contributed by atoms with van der Waals surface area (Å²) in [4.78, 5) is 17.6. The van der Waals surface area contributed by atoms with Gasteiger partial charge < -0.3 is 20.3 Å². The van der Waals surface area contributed by atoms with Crippen molar-refractivity contribution in [1.29, 1.82) is 0 Å². The number of hydrogen-bond donors (Lipinski definition) is 3. The Morgan fingerprint density at radius 3 is 2.83 bits per heavy atom. The summed E-state index contributed by atoms with van der Waals surface area (Å²) < 4.78 is 0. The van der Waals surface area contributed by atoms with Crippen LogP contribution in [0.15, 0.2) is 48.7 Å². The number of carbonyl (C=O) groups is 1. The fourth-order valence-electron chi connectivity index (χ4n) is 3.94. The first kappa shape index (κ1) is 20.6. The molecule has 0 aliphatic carbocycles. The third kappa shape index (κ3) is 3.99. The molecule has 1 aliphatic heterocycles. The Morgan fingerprint density at radius 2 is 2.10 bits per heavy atom. The van der Waals surface area contributed by atoms with E-state index in [1.54, 1.807) is 12.1 Å². The Bertz CT molecular complexity index is 1140. The van der Waals surface area contributed by atoms with Crippen LogP contribution in [0.5, 0.6) is 0 Å². The summed E-state index contributed by atoms with van der Waals surface area (Å²) in [6.07, 6.45) is 7.70. The average Bonchev–Trinajstić information content (AvgIpc) is 3.34. The number of likely N-dealkylation sites (tertiary alicyclic amines) is 1. The predicted octanol–water partition coefficient (Wildman–Crippen LogP) is 4.39. The second kappa shape index (κ2) is 8.23. The fourth-order valence-corrected chi connectivity index (χ4v) is 4.48. The highest BCUT2D eigenvalue weighted by Gasteiger charge is 2.36. The molecule has 2 amide bonds. The van der Waals surface area contributed by atoms with Crippen LogP contribution in [0.1, 0.15) is 23.5 Å². The first-order chi connectivity index (χ1) is 14.4. The maximum Gasteiger partial charge on any atom is 0.317 e. The molecular weight excluding hydrogens is 421 g/mol. The zero-order valence-electron chi connectivity index (χ0n) is 16.2. The molecule has 0 bridgehead atoms. The van der Waals surface area contributed by atoms with Gasteiger partial charge in [-0.15, -0.1) is 6.42 Å². The van der Waals surface area contributed by atoms with Gasteiger partial charge in [-0.2, -0.15) is 0 Å². The molecule has 0 saturated carbocycles. The Kier molecular flexibility index (Phi) is 5.66. The fraction of sp³-hybridized carbons (Fsp3) is 0.261. The number of urea groups is 1. The predicted molar refractivity (Wildman–Crippen MR) is 120 cm³/mol. The molecule has 0 radical (unpaired) electrons. The lowest BCUT2D eigenvalue weighted by Crippen LogP contribution is -2.42. The summed E-state index contributed by atoms with van der Waals surface area (Å²) in [5, 5.41) is 15.3. The number of benzene rings is 2. The van der Waals surface area contributed by atoms with Crippen molar-refractivity contribution in [2.24, 2.45) is 0 Å². The molecule has 2 aromatic carbocycles. The van der Waals surface area contributed by atoms with Crippen molar-refractivity contribution in [3.63, 3.8) is 0 Å². The van der Waals surface area contributed by atoms with E-state index in [0.29, 0.717) is 29.6 Å². The van der Waals surface area contributed by atoms with Gasteiger partial charge in [0, 0.05) is 52.6 Å². The molecule has 1 aromatic heterocycles. The van der Waals surface area contributed by atoms with Crippen molar-refractivity contribution in [2.75, 3.05) is 19.6 Å². The first-order valence-electron chi connectivity index (χ1n) is 9.64. The molecule has 0 spiro atoms. The van der Waals surface area contributed by atoms with Crippen LogP contribution >= 0.6 is 23.2 Å². The Hall–Kier alpha value is -2.65. The second-order valence-corrected chi connectivity index (χ2v) is 8.39. The Balaban J connectivity index is 1.62. The van der Waals surface area contributed by atoms with Gasteiger partial charge in [-0.1, -0.05) is 53.4 Å². The molecule has 1 saturated heterocycles. The first-order valence-corrected chi connectivity index (χ1v) is 10.4. The van der Waals surface area contributed by atoms with Gasteiger partial charge in [-0.3, -0.25) is 0 Å². The van der Waals surface area contributed by atoms with Crippen molar-refractivity contribution in [3.05, 3.63) is 69.8 Å². The number of β-amino-alcohol motifs (C(OH)–C–C–N with tert-alkyl or cyclic N) is 1. The van der Waals surface area contributed by atoms with Crippen LogP contribution in [0, 0.1) is 12.3 Å². The number of aromatic nitrogens is 1. The van der Waals surface area contributed by atoms with Crippen molar-refractivity contribution in [2.45, 2.75) is 17.9 Å². The number of terminal acetylenes is 1. The number of aromatic amines is 1. The number of halogens is 2. The second-order valence-electron chi connectivity index (χ2n) is 7.54. The molecule has 1 aliphatic rings. The lowest BCUT2D eigenvalue weighted by atomic mass is 9.91. The Labute approximate surface area is 185 Å². The third-order valence-electron chi connectivity index (χ3n) is 5.60. The van der Waals surface area contributed by atoms with Gasteiger partial charge in [-0.25, -0.2) is 4.79 Å². The molecular formula is C23H21Cl2N3O2. The van der Waals surface area contributed by atoms with E-state index in [-0.39, 0.29) is 18.5 Å². The van der Waals surface area contributed by atoms with Gasteiger partial charge in [0.1, 0.15) is 5.60 Å². The van der Waals surface area contributed by atoms with Crippen LogP contribution in [0.4, 0.5) is 4.79 Å². The highest BCUT2D eigenvalue weighted by molar-refractivity contribution is 6.35. The third-order valence-corrected chi connectivity index (χ3v) is 6.16. The van der Waals surface area contributed by atoms with E-state index >= 15 is 0 Å². The summed E-state index contributed by atoms with van der Waals surface area (Å²) in [7, 11) is 0. The summed E-state index contributed by atoms with van der Waals surface area (Å²) in [6.45, 7) is 0.855. The smallest absolute Gasteiger partial charge is 0.317 e. The lowest BCUT2D eigenvalue weighted by Gasteiger charge is -2.23. The number of para-hydroxylation sites is 1. The number of rotatable bonds is 4. The average molecular weight is 442 g/mol. The molecule has 7 heteroatoms. The van der Waals surface area contributed by atoms with Crippen molar-refractivity contribution in [3.8, 4) is 12.3 Å². The standard InChI is InChI=1S/C23H21Cl2N3O2/c1-2-23(30)9-10-28(14-23)22(29)27-13-18(16-8-7-15(24)11-20(16)25)19-12-26-21-6-4-3-5-17(19)21/h1,3-8,11-12,18,26,30H,9-10,13-14H2,(H,27,29). The van der Waals surface area contributed by atoms with Crippen molar-refractivity contribution in [1.82, 2.24) is 15.2 Å². The van der Waals surface area contributed by atoms with Crippen LogP contribution in [-0.2, 0) is 0 Å². The summed E-state index contributed by atoms with van der Waals surface area (Å²) in [5.74, 6) is 2.18. The van der Waals surface area contributed by atoms with Crippen molar-refractivity contribution < 1.29 is 9.90 Å². The summed E-state index contributed by atoms with van der Waals surface area (Å²) in [6, 6.07) is 13.1. The zero-order chi connectivity index (χ0) is 21.3. The summed E-state index contributed by atoms with van der Waals surface area (Å²) >= 11 is 12.6. The quantitative estimate of drug-likeness (QED) is 0.525. The van der Waals surface area contributed by atoms with Gasteiger partial charge in [-0.05, 0) is 29.3 Å². The van der Waals surface area contributed by atoms with Crippen LogP contribution < -0.4 is 5.32 Å². The molecule has 2 unspecified atom stereocenters. The Morgan fingerprint density at radius 1 is 1.30 bits per heavy atom. The topological polar surface area (TPSA) is 68.4 Å². The number of H-pyrrole nitrogens is 1. The van der Waals surface area contributed by atoms with E-state index in [9.17, 15) is 9.90 Å². The molecule has 2 heterocycles. The van der Waals surface area contributed by atoms with Crippen LogP contribution in [0.25, 0.3) is 10.9 Å². The van der Waals surface area contributed by atoms with E-state index in [1.165, 1.54) is 4.90 Å². The number of amides is 2. The summed E-state index contributed by atoms with van der Waals surface area (Å²) in [5.41, 5.74) is 1.64. The van der Waals surface area contributed by atoms with E-state index < -0.39 is 5.60 Å². The van der Waals surface area contributed by atoms with Gasteiger partial charge in [0.15, 0.2) is 0 Å². The van der Waals surface area contributed by atoms with Gasteiger partial charge in [0.2, 0.25) is 0 Å². The van der Waals surface area contributed by atoms with E-state index in [1.807, 2.05) is 36.5 Å². The highest BCUT2D eigenvalue weighted by atomic mass is 35.5. The van der Waals surface area contributed by atoms with Gasteiger partial charge in [0.25, 0.3) is 0 Å². The maximum atomic E-state index is 12.7. The molecule has 5 nitrogen and oxygen atoms in total. The van der Waals surface area contributed by atoms with E-state index in [4.69, 9.17) is 29.6 Å². The van der Waals surface area contributed by atoms with Crippen molar-refractivity contribution >= 4 is 40.1 Å². The minimum Gasteiger partial charge on any atom is -0.376 e. The minimum absolute atomic E-state index is 0.120. The molecule has 3 N–H and O–H groups in total. The minimum atomic E-state index is -1.26. The number of fused-ring (bicyclic) bond motifs is 1. The number of carbonyl (C=O) groups excluding carboxylic acids is 1. The van der Waals surface area contributed by atoms with E-state index in [0.717, 1.165) is 22.0 Å². The number of nitrogens with zero attached hydrogens (tertiary/aromatic N) is 1. The molecule has 3 aromatic rings. The number of aliphatic hydroxyl groups is 1. The molecule has 30 heavy (non-hydrogen) atoms. The normalized spacial score (nSPS) is 19.6. The van der Waals surface area contributed by atoms with Crippen LogP contribution in [-0.4, -0.2) is 46.3 Å². The van der Waals surface area contributed by atoms with Crippen LogP contribution in [0.2, 0.25) is 10.0 Å². The lowest BCUT2D eigenvalue weighted by molar-refractivity contribution is 0.111. The molecule has 4 rings (SSSR count). The molecule has 2 atom stereocenters. The van der Waals surface area contributed by atoms with E-state index in [2.05, 4.69) is 16.2 Å². The SMILES string of the molecule is C#CC1(O)CCN(C(=O)NCC(c2ccc(Cl)cc2Cl)c2c[nH]c3ccccc23)C1. The zero-order valence-corrected chi connectivity index (χ0v) is 17.7. The van der Waals surface area contributed by atoms with Gasteiger partial charge >= 0.3 is 6.03 Å². The molecule has 154 valence electrons. The highest BCUT2D eigenvalue weighted by Crippen LogP contribution is 2.35. The van der Waals surface area contributed by atoms with Gasteiger partial charge in [0.05, 0.1) is 6.54 Å². The van der Waals surface area contributed by atoms with Crippen LogP contribution in [0.3, 0.4) is 0 Å². The monoisotopic (exact) mass is 441 g/mol. The molecule has 1 fully saturated rings. The largest absolute Gasteiger partial charge is 0.376 e. The number of nitrogens with one attached hydrogen (secondary N) is 2. The number of hydrogen-bond acceptors (Lipinski definition) is 2. The maximum absolute atomic E-state index is 12.7.